The molecular weight excluding hydrogens is 212 g/mol. The van der Waals surface area contributed by atoms with Crippen LogP contribution in [0.15, 0.2) is 30.6 Å². The van der Waals surface area contributed by atoms with Crippen LogP contribution in [0.25, 0.3) is 5.82 Å². The minimum atomic E-state index is 0.0110. The number of nitrogens with zero attached hydrogens (tertiary/aromatic N) is 3. The number of rotatable bonds is 3. The van der Waals surface area contributed by atoms with Crippen LogP contribution in [0.3, 0.4) is 0 Å². The zero-order chi connectivity index (χ0) is 12.4. The van der Waals surface area contributed by atoms with Crippen molar-refractivity contribution in [3.05, 3.63) is 41.9 Å². The largest absolute Gasteiger partial charge is 0.324 e. The molecule has 0 aromatic carbocycles. The standard InChI is InChI=1S/C13H18N4/c1-9(2)12-5-7-17(16-12)13-8-11(10(3)14)4-6-15-13/h4-10H,14H2,1-3H3/t10-/m1/s1. The van der Waals surface area contributed by atoms with Crippen molar-refractivity contribution < 1.29 is 0 Å². The van der Waals surface area contributed by atoms with Gasteiger partial charge in [-0.15, -0.1) is 0 Å². The van der Waals surface area contributed by atoms with E-state index in [1.807, 2.05) is 31.3 Å². The normalized spacial score (nSPS) is 13.0. The SMILES string of the molecule is CC(C)c1ccn(-c2cc([C@@H](C)N)ccn2)n1. The summed E-state index contributed by atoms with van der Waals surface area (Å²) in [5.74, 6) is 1.24. The minimum absolute atomic E-state index is 0.0110. The smallest absolute Gasteiger partial charge is 0.153 e. The molecule has 0 spiro atoms. The van der Waals surface area contributed by atoms with Gasteiger partial charge in [0.15, 0.2) is 5.82 Å². The summed E-state index contributed by atoms with van der Waals surface area (Å²) in [7, 11) is 0. The molecule has 4 heteroatoms. The second-order valence-corrected chi connectivity index (χ2v) is 4.58. The molecule has 0 bridgehead atoms. The van der Waals surface area contributed by atoms with Crippen molar-refractivity contribution in [2.45, 2.75) is 32.7 Å². The second kappa shape index (κ2) is 4.67. The molecular formula is C13H18N4. The molecule has 2 N–H and O–H groups in total. The van der Waals surface area contributed by atoms with Gasteiger partial charge in [-0.2, -0.15) is 5.10 Å². The van der Waals surface area contributed by atoms with Crippen LogP contribution in [0.2, 0.25) is 0 Å². The Morgan fingerprint density at radius 3 is 2.59 bits per heavy atom. The van der Waals surface area contributed by atoms with Gasteiger partial charge in [0.1, 0.15) is 0 Å². The van der Waals surface area contributed by atoms with Gasteiger partial charge >= 0.3 is 0 Å². The number of aromatic nitrogens is 3. The lowest BCUT2D eigenvalue weighted by atomic mass is 10.1. The first-order valence-electron chi connectivity index (χ1n) is 5.85. The molecule has 2 aromatic heterocycles. The van der Waals surface area contributed by atoms with Crippen LogP contribution in [-0.2, 0) is 0 Å². The van der Waals surface area contributed by atoms with E-state index >= 15 is 0 Å². The maximum atomic E-state index is 5.86. The Morgan fingerprint density at radius 1 is 1.24 bits per heavy atom. The van der Waals surface area contributed by atoms with Crippen LogP contribution in [-0.4, -0.2) is 14.8 Å². The summed E-state index contributed by atoms with van der Waals surface area (Å²) in [5, 5.41) is 4.49. The van der Waals surface area contributed by atoms with Crippen molar-refractivity contribution in [3.63, 3.8) is 0 Å². The lowest BCUT2D eigenvalue weighted by Gasteiger charge is -2.07. The Kier molecular flexibility index (Phi) is 3.24. The van der Waals surface area contributed by atoms with E-state index in [1.165, 1.54) is 0 Å². The monoisotopic (exact) mass is 230 g/mol. The topological polar surface area (TPSA) is 56.7 Å². The van der Waals surface area contributed by atoms with Crippen LogP contribution in [0.4, 0.5) is 0 Å². The molecule has 90 valence electrons. The summed E-state index contributed by atoms with van der Waals surface area (Å²) in [5.41, 5.74) is 7.99. The summed E-state index contributed by atoms with van der Waals surface area (Å²) >= 11 is 0. The molecule has 0 unspecified atom stereocenters. The zero-order valence-electron chi connectivity index (χ0n) is 10.5. The van der Waals surface area contributed by atoms with Gasteiger partial charge in [-0.3, -0.25) is 0 Å². The van der Waals surface area contributed by atoms with Gasteiger partial charge < -0.3 is 5.73 Å². The third kappa shape index (κ3) is 2.53. The first kappa shape index (κ1) is 11.8. The molecule has 2 rings (SSSR count). The summed E-state index contributed by atoms with van der Waals surface area (Å²) in [4.78, 5) is 4.31. The van der Waals surface area contributed by atoms with Crippen LogP contribution in [0.5, 0.6) is 0 Å². The van der Waals surface area contributed by atoms with E-state index in [0.717, 1.165) is 17.1 Å². The fourth-order valence-corrected chi connectivity index (χ4v) is 1.62. The van der Waals surface area contributed by atoms with Crippen LogP contribution >= 0.6 is 0 Å². The number of pyridine rings is 1. The van der Waals surface area contributed by atoms with Gasteiger partial charge in [0.2, 0.25) is 0 Å². The molecule has 0 aliphatic carbocycles. The maximum Gasteiger partial charge on any atom is 0.153 e. The number of nitrogens with two attached hydrogens (primary N) is 1. The quantitative estimate of drug-likeness (QED) is 0.881. The highest BCUT2D eigenvalue weighted by Crippen LogP contribution is 2.15. The molecule has 0 fully saturated rings. The first-order valence-corrected chi connectivity index (χ1v) is 5.85. The van der Waals surface area contributed by atoms with E-state index in [4.69, 9.17) is 5.73 Å². The number of hydrogen-bond donors (Lipinski definition) is 1. The van der Waals surface area contributed by atoms with Crippen LogP contribution < -0.4 is 5.73 Å². The van der Waals surface area contributed by atoms with Gasteiger partial charge in [-0.1, -0.05) is 13.8 Å². The van der Waals surface area contributed by atoms with E-state index < -0.39 is 0 Å². The molecule has 2 aromatic rings. The third-order valence-electron chi connectivity index (χ3n) is 2.73. The van der Waals surface area contributed by atoms with Gasteiger partial charge in [0, 0.05) is 18.4 Å². The van der Waals surface area contributed by atoms with Crippen molar-refractivity contribution >= 4 is 0 Å². The van der Waals surface area contributed by atoms with Crippen LogP contribution in [0.1, 0.15) is 44.0 Å². The van der Waals surface area contributed by atoms with E-state index in [1.54, 1.807) is 10.9 Å². The molecule has 0 aliphatic rings. The Hall–Kier alpha value is -1.68. The summed E-state index contributed by atoms with van der Waals surface area (Å²) in [6, 6.07) is 5.94. The summed E-state index contributed by atoms with van der Waals surface area (Å²) < 4.78 is 1.79. The van der Waals surface area contributed by atoms with Gasteiger partial charge in [0.25, 0.3) is 0 Å². The molecule has 0 aliphatic heterocycles. The predicted octanol–water partition coefficient (Wildman–Crippen LogP) is 2.41. The fraction of sp³-hybridized carbons (Fsp3) is 0.385. The number of hydrogen-bond acceptors (Lipinski definition) is 3. The third-order valence-corrected chi connectivity index (χ3v) is 2.73. The van der Waals surface area contributed by atoms with E-state index in [-0.39, 0.29) is 6.04 Å². The first-order chi connectivity index (χ1) is 8.08. The predicted molar refractivity (Wildman–Crippen MR) is 68.1 cm³/mol. The van der Waals surface area contributed by atoms with Crippen molar-refractivity contribution in [1.82, 2.24) is 14.8 Å². The van der Waals surface area contributed by atoms with E-state index in [0.29, 0.717) is 5.92 Å². The molecule has 2 heterocycles. The fourth-order valence-electron chi connectivity index (χ4n) is 1.62. The van der Waals surface area contributed by atoms with E-state index in [2.05, 4.69) is 23.9 Å². The van der Waals surface area contributed by atoms with Crippen molar-refractivity contribution in [2.75, 3.05) is 0 Å². The Balaban J connectivity index is 2.35. The maximum absolute atomic E-state index is 5.86. The Labute approximate surface area is 101 Å². The molecule has 1 atom stereocenters. The van der Waals surface area contributed by atoms with Gasteiger partial charge in [-0.05, 0) is 36.6 Å². The van der Waals surface area contributed by atoms with Crippen molar-refractivity contribution in [1.29, 1.82) is 0 Å². The lowest BCUT2D eigenvalue weighted by molar-refractivity contribution is 0.751. The average Bonchev–Trinajstić information content (AvgIpc) is 2.78. The molecule has 4 nitrogen and oxygen atoms in total. The molecule has 0 radical (unpaired) electrons. The highest BCUT2D eigenvalue weighted by molar-refractivity contribution is 5.29. The van der Waals surface area contributed by atoms with Crippen molar-refractivity contribution in [2.24, 2.45) is 5.73 Å². The summed E-state index contributed by atoms with van der Waals surface area (Å²) in [6.45, 7) is 6.21. The highest BCUT2D eigenvalue weighted by Gasteiger charge is 2.07. The molecule has 0 amide bonds. The highest BCUT2D eigenvalue weighted by atomic mass is 15.3. The van der Waals surface area contributed by atoms with E-state index in [9.17, 15) is 0 Å². The second-order valence-electron chi connectivity index (χ2n) is 4.58. The Morgan fingerprint density at radius 2 is 2.00 bits per heavy atom. The Bertz CT molecular complexity index is 500. The molecule has 0 saturated carbocycles. The molecule has 0 saturated heterocycles. The van der Waals surface area contributed by atoms with Gasteiger partial charge in [0.05, 0.1) is 5.69 Å². The van der Waals surface area contributed by atoms with Gasteiger partial charge in [-0.25, -0.2) is 9.67 Å². The van der Waals surface area contributed by atoms with Crippen LogP contribution in [0, 0.1) is 0 Å². The molecule has 17 heavy (non-hydrogen) atoms. The van der Waals surface area contributed by atoms with Crippen molar-refractivity contribution in [3.8, 4) is 5.82 Å². The average molecular weight is 230 g/mol. The lowest BCUT2D eigenvalue weighted by Crippen LogP contribution is -2.07. The zero-order valence-corrected chi connectivity index (χ0v) is 10.5. The summed E-state index contributed by atoms with van der Waals surface area (Å²) in [6.07, 6.45) is 3.70. The minimum Gasteiger partial charge on any atom is -0.324 e.